The first-order valence-corrected chi connectivity index (χ1v) is 17.4. The van der Waals surface area contributed by atoms with Gasteiger partial charge in [-0.3, -0.25) is 0 Å². The molecular formula is C45H27N3OS. The predicted molar refractivity (Wildman–Crippen MR) is 207 cm³/mol. The predicted octanol–water partition coefficient (Wildman–Crippen LogP) is 12.5. The number of thiophene rings is 1. The van der Waals surface area contributed by atoms with Gasteiger partial charge in [0.05, 0.1) is 0 Å². The lowest BCUT2D eigenvalue weighted by Crippen LogP contribution is -2.01. The van der Waals surface area contributed by atoms with Crippen molar-refractivity contribution in [2.45, 2.75) is 0 Å². The van der Waals surface area contributed by atoms with Crippen molar-refractivity contribution in [2.24, 2.45) is 0 Å². The zero-order valence-electron chi connectivity index (χ0n) is 26.7. The summed E-state index contributed by atoms with van der Waals surface area (Å²) in [6.45, 7) is 0. The minimum atomic E-state index is 0.601. The molecule has 10 aromatic rings. The lowest BCUT2D eigenvalue weighted by molar-refractivity contribution is 0.669. The first kappa shape index (κ1) is 28.6. The quantitative estimate of drug-likeness (QED) is 0.185. The van der Waals surface area contributed by atoms with Crippen LogP contribution in [0.1, 0.15) is 0 Å². The largest absolute Gasteiger partial charge is 0.456 e. The van der Waals surface area contributed by atoms with E-state index >= 15 is 0 Å². The molecule has 0 radical (unpaired) electrons. The number of rotatable bonds is 5. The molecule has 3 heterocycles. The van der Waals surface area contributed by atoms with Gasteiger partial charge in [0.2, 0.25) is 0 Å². The molecule has 0 atom stereocenters. The third-order valence-electron chi connectivity index (χ3n) is 9.36. The summed E-state index contributed by atoms with van der Waals surface area (Å²) in [6.07, 6.45) is 0. The molecule has 5 heteroatoms. The maximum atomic E-state index is 6.48. The van der Waals surface area contributed by atoms with Gasteiger partial charge < -0.3 is 4.42 Å². The van der Waals surface area contributed by atoms with Gasteiger partial charge in [-0.1, -0.05) is 133 Å². The highest BCUT2D eigenvalue weighted by Crippen LogP contribution is 2.42. The number of hydrogen-bond donors (Lipinski definition) is 0. The van der Waals surface area contributed by atoms with Crippen molar-refractivity contribution in [3.8, 4) is 56.4 Å². The highest BCUT2D eigenvalue weighted by Gasteiger charge is 2.21. The molecule has 0 saturated heterocycles. The standard InChI is InChI=1S/C45H27N3OS/c1-3-12-28(13-4-1)30-22-24-31(25-23-30)43-46-44(36-19-11-18-34-33-16-8-10-21-40(33)50-42(34)36)48-45(47-43)37-26-32(29-14-5-2-6-15-29)27-39-41(37)35-17-7-9-20-38(35)49-39/h1-27H. The van der Waals surface area contributed by atoms with Crippen molar-refractivity contribution in [1.82, 2.24) is 15.0 Å². The van der Waals surface area contributed by atoms with E-state index in [0.29, 0.717) is 17.5 Å². The molecule has 0 unspecified atom stereocenters. The van der Waals surface area contributed by atoms with Crippen LogP contribution in [0, 0.1) is 0 Å². The van der Waals surface area contributed by atoms with E-state index in [1.54, 1.807) is 11.3 Å². The van der Waals surface area contributed by atoms with E-state index in [1.807, 2.05) is 30.3 Å². The fourth-order valence-electron chi connectivity index (χ4n) is 6.94. The summed E-state index contributed by atoms with van der Waals surface area (Å²) in [5, 5.41) is 4.46. The second-order valence-corrected chi connectivity index (χ2v) is 13.4. The van der Waals surface area contributed by atoms with Gasteiger partial charge >= 0.3 is 0 Å². The van der Waals surface area contributed by atoms with Crippen molar-refractivity contribution < 1.29 is 4.42 Å². The number of furan rings is 1. The maximum Gasteiger partial charge on any atom is 0.165 e. The van der Waals surface area contributed by atoms with Crippen LogP contribution in [-0.4, -0.2) is 15.0 Å². The summed E-state index contributed by atoms with van der Waals surface area (Å²) in [5.41, 5.74) is 8.88. The average Bonchev–Trinajstić information content (AvgIpc) is 3.77. The molecule has 0 N–H and O–H groups in total. The molecule has 0 spiro atoms. The fraction of sp³-hybridized carbons (Fsp3) is 0. The van der Waals surface area contributed by atoms with Crippen LogP contribution in [0.3, 0.4) is 0 Å². The average molecular weight is 658 g/mol. The van der Waals surface area contributed by atoms with E-state index in [1.165, 1.54) is 21.0 Å². The highest BCUT2D eigenvalue weighted by atomic mass is 32.1. The van der Waals surface area contributed by atoms with Crippen molar-refractivity contribution in [2.75, 3.05) is 0 Å². The van der Waals surface area contributed by atoms with Crippen LogP contribution in [-0.2, 0) is 0 Å². The van der Waals surface area contributed by atoms with Crippen LogP contribution in [0.5, 0.6) is 0 Å². The van der Waals surface area contributed by atoms with Crippen LogP contribution < -0.4 is 0 Å². The Kier molecular flexibility index (Phi) is 6.64. The van der Waals surface area contributed by atoms with Crippen LogP contribution in [0.4, 0.5) is 0 Å². The van der Waals surface area contributed by atoms with Crippen molar-refractivity contribution in [3.63, 3.8) is 0 Å². The van der Waals surface area contributed by atoms with Crippen molar-refractivity contribution >= 4 is 53.4 Å². The van der Waals surface area contributed by atoms with E-state index in [2.05, 4.69) is 133 Å². The lowest BCUT2D eigenvalue weighted by Gasteiger charge is -2.12. The van der Waals surface area contributed by atoms with Crippen LogP contribution in [0.15, 0.2) is 168 Å². The van der Waals surface area contributed by atoms with Gasteiger partial charge in [-0.25, -0.2) is 15.0 Å². The molecule has 0 saturated carbocycles. The smallest absolute Gasteiger partial charge is 0.165 e. The molecule has 234 valence electrons. The molecule has 0 aliphatic carbocycles. The number of nitrogens with zero attached hydrogens (tertiary/aromatic N) is 3. The van der Waals surface area contributed by atoms with Crippen molar-refractivity contribution in [3.05, 3.63) is 164 Å². The van der Waals surface area contributed by atoms with E-state index in [9.17, 15) is 0 Å². The summed E-state index contributed by atoms with van der Waals surface area (Å²) in [5.74, 6) is 1.86. The number of fused-ring (bicyclic) bond motifs is 6. The van der Waals surface area contributed by atoms with Gasteiger partial charge in [0, 0.05) is 47.6 Å². The fourth-order valence-corrected chi connectivity index (χ4v) is 8.15. The molecule has 50 heavy (non-hydrogen) atoms. The molecule has 0 aliphatic heterocycles. The Bertz CT molecular complexity index is 2860. The number of aromatic nitrogens is 3. The van der Waals surface area contributed by atoms with Gasteiger partial charge in [0.1, 0.15) is 11.2 Å². The Labute approximate surface area is 292 Å². The topological polar surface area (TPSA) is 51.8 Å². The number of benzene rings is 7. The summed E-state index contributed by atoms with van der Waals surface area (Å²) < 4.78 is 8.88. The Hall–Kier alpha value is -6.43. The van der Waals surface area contributed by atoms with Crippen molar-refractivity contribution in [1.29, 1.82) is 0 Å². The van der Waals surface area contributed by atoms with Gasteiger partial charge in [0.15, 0.2) is 17.5 Å². The van der Waals surface area contributed by atoms with Crippen LogP contribution in [0.2, 0.25) is 0 Å². The Morgan fingerprint density at radius 3 is 1.74 bits per heavy atom. The van der Waals surface area contributed by atoms with Crippen LogP contribution in [0.25, 0.3) is 98.5 Å². The van der Waals surface area contributed by atoms with Crippen LogP contribution >= 0.6 is 11.3 Å². The third-order valence-corrected chi connectivity index (χ3v) is 10.6. The lowest BCUT2D eigenvalue weighted by atomic mass is 9.98. The SMILES string of the molecule is c1ccc(-c2ccc(-c3nc(-c4cccc5c4sc4ccccc45)nc(-c4cc(-c5ccccc5)cc5oc6ccccc6c45)n3)cc2)cc1. The molecule has 0 aliphatic rings. The van der Waals surface area contributed by atoms with Gasteiger partial charge in [-0.05, 0) is 52.6 Å². The third kappa shape index (κ3) is 4.79. The minimum Gasteiger partial charge on any atom is -0.456 e. The molecular weight excluding hydrogens is 631 g/mol. The van der Waals surface area contributed by atoms with E-state index < -0.39 is 0 Å². The summed E-state index contributed by atoms with van der Waals surface area (Å²) in [7, 11) is 0. The molecule has 3 aromatic heterocycles. The molecule has 0 bridgehead atoms. The van der Waals surface area contributed by atoms with Gasteiger partial charge in [-0.2, -0.15) is 0 Å². The summed E-state index contributed by atoms with van der Waals surface area (Å²) in [6, 6.07) is 56.8. The Morgan fingerprint density at radius 1 is 0.380 bits per heavy atom. The number of para-hydroxylation sites is 1. The van der Waals surface area contributed by atoms with E-state index in [4.69, 9.17) is 19.4 Å². The second-order valence-electron chi connectivity index (χ2n) is 12.4. The molecule has 10 rings (SSSR count). The van der Waals surface area contributed by atoms with E-state index in [0.717, 1.165) is 60.0 Å². The summed E-state index contributed by atoms with van der Waals surface area (Å²) >= 11 is 1.78. The zero-order valence-corrected chi connectivity index (χ0v) is 27.6. The monoisotopic (exact) mass is 657 g/mol. The molecule has 0 fully saturated rings. The van der Waals surface area contributed by atoms with Gasteiger partial charge in [-0.15, -0.1) is 11.3 Å². The normalized spacial score (nSPS) is 11.6. The molecule has 0 amide bonds. The Balaban J connectivity index is 1.25. The highest BCUT2D eigenvalue weighted by molar-refractivity contribution is 7.26. The minimum absolute atomic E-state index is 0.601. The number of hydrogen-bond acceptors (Lipinski definition) is 5. The first-order chi connectivity index (χ1) is 24.8. The maximum absolute atomic E-state index is 6.48. The molecule has 7 aromatic carbocycles. The summed E-state index contributed by atoms with van der Waals surface area (Å²) in [4.78, 5) is 15.7. The molecule has 4 nitrogen and oxygen atoms in total. The van der Waals surface area contributed by atoms with E-state index in [-0.39, 0.29) is 0 Å². The zero-order chi connectivity index (χ0) is 33.0. The second kappa shape index (κ2) is 11.6. The Morgan fingerprint density at radius 2 is 0.960 bits per heavy atom. The van der Waals surface area contributed by atoms with Gasteiger partial charge in [0.25, 0.3) is 0 Å². The first-order valence-electron chi connectivity index (χ1n) is 16.6.